The molecule has 28 heavy (non-hydrogen) atoms. The Morgan fingerprint density at radius 2 is 1.89 bits per heavy atom. The van der Waals surface area contributed by atoms with Crippen LogP contribution in [0.4, 0.5) is 17.1 Å². The molecular weight excluding hydrogens is 380 g/mol. The first-order valence-electron chi connectivity index (χ1n) is 8.64. The third-order valence-electron chi connectivity index (χ3n) is 4.13. The van der Waals surface area contributed by atoms with Gasteiger partial charge in [0.2, 0.25) is 0 Å². The Balaban J connectivity index is 2.27. The van der Waals surface area contributed by atoms with Crippen molar-refractivity contribution in [2.24, 2.45) is 0 Å². The molecule has 0 aliphatic carbocycles. The number of nitrogens with zero attached hydrogens (tertiary/aromatic N) is 2. The Morgan fingerprint density at radius 1 is 1.25 bits per heavy atom. The number of anilines is 2. The minimum atomic E-state index is -0.718. The Hall–Kier alpha value is -3.37. The fourth-order valence-corrected chi connectivity index (χ4v) is 2.80. The third-order valence-corrected chi connectivity index (χ3v) is 4.46. The largest absolute Gasteiger partial charge is 0.360 e. The summed E-state index contributed by atoms with van der Waals surface area (Å²) in [7, 11) is 0. The summed E-state index contributed by atoms with van der Waals surface area (Å²) in [6, 6.07) is 11.4. The van der Waals surface area contributed by atoms with Gasteiger partial charge in [-0.2, -0.15) is 5.26 Å². The number of nitro benzene ring substituents is 1. The van der Waals surface area contributed by atoms with E-state index in [2.05, 4.69) is 10.6 Å². The molecule has 8 heteroatoms. The van der Waals surface area contributed by atoms with Gasteiger partial charge in [-0.15, -0.1) is 0 Å². The fraction of sp³-hybridized carbons (Fsp3) is 0.200. The number of para-hydroxylation sites is 1. The molecule has 2 N–H and O–H groups in total. The lowest BCUT2D eigenvalue weighted by atomic mass is 10.0. The number of halogens is 1. The number of carbonyl (C=O) groups is 1. The van der Waals surface area contributed by atoms with Gasteiger partial charge in [0.15, 0.2) is 0 Å². The zero-order valence-electron chi connectivity index (χ0n) is 15.5. The van der Waals surface area contributed by atoms with E-state index in [0.717, 1.165) is 35.7 Å². The van der Waals surface area contributed by atoms with E-state index >= 15 is 0 Å². The SMILES string of the molecule is CCc1cccc(CC)c1N/C=C(/C#N)C(=O)Nc1cc([N+](=O)[O-])ccc1Cl. The summed E-state index contributed by atoms with van der Waals surface area (Å²) < 4.78 is 0. The number of hydrogen-bond donors (Lipinski definition) is 2. The maximum atomic E-state index is 12.4. The van der Waals surface area contributed by atoms with E-state index < -0.39 is 10.8 Å². The lowest BCUT2D eigenvalue weighted by Crippen LogP contribution is -2.15. The van der Waals surface area contributed by atoms with Gasteiger partial charge in [0.05, 0.1) is 15.6 Å². The Labute approximate surface area is 167 Å². The second-order valence-corrected chi connectivity index (χ2v) is 6.26. The topological polar surface area (TPSA) is 108 Å². The molecule has 0 saturated heterocycles. The van der Waals surface area contributed by atoms with Gasteiger partial charge in [0.25, 0.3) is 11.6 Å². The predicted octanol–water partition coefficient (Wildman–Crippen LogP) is 4.83. The summed E-state index contributed by atoms with van der Waals surface area (Å²) in [6.07, 6.45) is 2.91. The summed E-state index contributed by atoms with van der Waals surface area (Å²) in [4.78, 5) is 22.7. The lowest BCUT2D eigenvalue weighted by Gasteiger charge is -2.13. The van der Waals surface area contributed by atoms with Crippen LogP contribution in [0.5, 0.6) is 0 Å². The van der Waals surface area contributed by atoms with E-state index in [-0.39, 0.29) is 22.0 Å². The highest BCUT2D eigenvalue weighted by Gasteiger charge is 2.15. The molecule has 0 saturated carbocycles. The Morgan fingerprint density at radius 3 is 2.43 bits per heavy atom. The monoisotopic (exact) mass is 398 g/mol. The van der Waals surface area contributed by atoms with Crippen molar-refractivity contribution in [1.82, 2.24) is 0 Å². The van der Waals surface area contributed by atoms with Crippen molar-refractivity contribution in [3.63, 3.8) is 0 Å². The summed E-state index contributed by atoms with van der Waals surface area (Å²) in [5.74, 6) is -0.718. The number of hydrogen-bond acceptors (Lipinski definition) is 5. The van der Waals surface area contributed by atoms with Crippen molar-refractivity contribution >= 4 is 34.6 Å². The summed E-state index contributed by atoms with van der Waals surface area (Å²) in [5.41, 5.74) is 2.65. The number of carbonyl (C=O) groups excluding carboxylic acids is 1. The van der Waals surface area contributed by atoms with Crippen LogP contribution >= 0.6 is 11.6 Å². The molecule has 2 aromatic rings. The lowest BCUT2D eigenvalue weighted by molar-refractivity contribution is -0.384. The van der Waals surface area contributed by atoms with Crippen molar-refractivity contribution in [3.05, 3.63) is 74.4 Å². The number of benzene rings is 2. The van der Waals surface area contributed by atoms with E-state index in [1.165, 1.54) is 18.3 Å². The third kappa shape index (κ3) is 4.87. The number of nitriles is 1. The number of nitrogens with one attached hydrogen (secondary N) is 2. The minimum Gasteiger partial charge on any atom is -0.360 e. The average Bonchev–Trinajstić information content (AvgIpc) is 2.69. The predicted molar refractivity (Wildman–Crippen MR) is 109 cm³/mol. The number of amides is 1. The molecule has 2 rings (SSSR count). The number of aryl methyl sites for hydroxylation is 2. The highest BCUT2D eigenvalue weighted by atomic mass is 35.5. The Bertz CT molecular complexity index is 958. The van der Waals surface area contributed by atoms with Crippen LogP contribution in [0.1, 0.15) is 25.0 Å². The normalized spacial score (nSPS) is 10.9. The summed E-state index contributed by atoms with van der Waals surface area (Å²) >= 11 is 5.99. The number of non-ortho nitro benzene ring substituents is 1. The molecule has 0 heterocycles. The van der Waals surface area contributed by atoms with Gasteiger partial charge in [0, 0.05) is 24.0 Å². The molecule has 0 aromatic heterocycles. The van der Waals surface area contributed by atoms with Crippen LogP contribution in [0.2, 0.25) is 5.02 Å². The van der Waals surface area contributed by atoms with Crippen molar-refractivity contribution < 1.29 is 9.72 Å². The molecule has 0 bridgehead atoms. The van der Waals surface area contributed by atoms with Crippen LogP contribution < -0.4 is 10.6 Å². The molecule has 0 radical (unpaired) electrons. The van der Waals surface area contributed by atoms with Crippen molar-refractivity contribution in [3.8, 4) is 6.07 Å². The highest BCUT2D eigenvalue weighted by Crippen LogP contribution is 2.27. The van der Waals surface area contributed by atoms with E-state index in [1.54, 1.807) is 0 Å². The second-order valence-electron chi connectivity index (χ2n) is 5.85. The van der Waals surface area contributed by atoms with E-state index in [1.807, 2.05) is 38.1 Å². The van der Waals surface area contributed by atoms with Crippen molar-refractivity contribution in [1.29, 1.82) is 5.26 Å². The Kier molecular flexibility index (Phi) is 7.13. The minimum absolute atomic E-state index is 0.0604. The van der Waals surface area contributed by atoms with Crippen LogP contribution in [-0.2, 0) is 17.6 Å². The standard InChI is InChI=1S/C20H19ClN4O3/c1-3-13-6-5-7-14(4-2)19(13)23-12-15(11-22)20(26)24-18-10-16(25(27)28)8-9-17(18)21/h5-10,12,23H,3-4H2,1-2H3,(H,24,26)/b15-12-. The van der Waals surface area contributed by atoms with Crippen LogP contribution in [0, 0.1) is 21.4 Å². The van der Waals surface area contributed by atoms with E-state index in [4.69, 9.17) is 11.6 Å². The summed E-state index contributed by atoms with van der Waals surface area (Å²) in [6.45, 7) is 4.04. The smallest absolute Gasteiger partial charge is 0.271 e. The first-order chi connectivity index (χ1) is 13.4. The molecule has 144 valence electrons. The molecule has 0 fully saturated rings. The fourth-order valence-electron chi connectivity index (χ4n) is 2.63. The van der Waals surface area contributed by atoms with Crippen molar-refractivity contribution in [2.45, 2.75) is 26.7 Å². The van der Waals surface area contributed by atoms with Gasteiger partial charge < -0.3 is 10.6 Å². The molecule has 0 spiro atoms. The van der Waals surface area contributed by atoms with Gasteiger partial charge in [-0.25, -0.2) is 0 Å². The molecule has 0 aliphatic rings. The van der Waals surface area contributed by atoms with Crippen LogP contribution in [0.15, 0.2) is 48.2 Å². The van der Waals surface area contributed by atoms with Crippen molar-refractivity contribution in [2.75, 3.05) is 10.6 Å². The number of nitro groups is 1. The second kappa shape index (κ2) is 9.53. The van der Waals surface area contributed by atoms with E-state index in [0.29, 0.717) is 0 Å². The maximum Gasteiger partial charge on any atom is 0.271 e. The highest BCUT2D eigenvalue weighted by molar-refractivity contribution is 6.34. The zero-order valence-corrected chi connectivity index (χ0v) is 16.2. The van der Waals surface area contributed by atoms with Crippen LogP contribution in [0.3, 0.4) is 0 Å². The first-order valence-corrected chi connectivity index (χ1v) is 9.01. The van der Waals surface area contributed by atoms with Gasteiger partial charge in [-0.05, 0) is 30.0 Å². The molecule has 0 atom stereocenters. The molecule has 0 aliphatic heterocycles. The van der Waals surface area contributed by atoms with Crippen LogP contribution in [0.25, 0.3) is 0 Å². The van der Waals surface area contributed by atoms with Gasteiger partial charge in [-0.3, -0.25) is 14.9 Å². The molecule has 1 amide bonds. The molecule has 2 aromatic carbocycles. The van der Waals surface area contributed by atoms with Gasteiger partial charge >= 0.3 is 0 Å². The average molecular weight is 399 g/mol. The quantitative estimate of drug-likeness (QED) is 0.300. The van der Waals surface area contributed by atoms with Crippen LogP contribution in [-0.4, -0.2) is 10.8 Å². The summed E-state index contributed by atoms with van der Waals surface area (Å²) in [5, 5.41) is 25.9. The molecule has 0 unspecified atom stereocenters. The van der Waals surface area contributed by atoms with Gasteiger partial charge in [-0.1, -0.05) is 43.6 Å². The first kappa shape index (κ1) is 20.9. The molecule has 7 nitrogen and oxygen atoms in total. The zero-order chi connectivity index (χ0) is 20.7. The molecular formula is C20H19ClN4O3. The maximum absolute atomic E-state index is 12.4. The number of rotatable bonds is 7. The van der Waals surface area contributed by atoms with Gasteiger partial charge in [0.1, 0.15) is 11.6 Å². The van der Waals surface area contributed by atoms with E-state index in [9.17, 15) is 20.2 Å².